The zero-order chi connectivity index (χ0) is 22.7. The van der Waals surface area contributed by atoms with E-state index in [1.54, 1.807) is 11.3 Å². The number of fused-ring (bicyclic) bond motifs is 1. The van der Waals surface area contributed by atoms with Crippen molar-refractivity contribution in [2.45, 2.75) is 45.4 Å². The Kier molecular flexibility index (Phi) is 6.99. The lowest BCUT2D eigenvalue weighted by molar-refractivity contribution is -0.141. The summed E-state index contributed by atoms with van der Waals surface area (Å²) >= 11 is 1.67. The molecule has 1 aliphatic rings. The van der Waals surface area contributed by atoms with Gasteiger partial charge >= 0.3 is 5.97 Å². The molecule has 1 fully saturated rings. The fraction of sp³-hybridized carbons (Fsp3) is 0.462. The Balaban J connectivity index is 1.72. The highest BCUT2D eigenvalue weighted by Gasteiger charge is 2.19. The summed E-state index contributed by atoms with van der Waals surface area (Å²) in [6.45, 7) is 2.67. The van der Waals surface area contributed by atoms with Gasteiger partial charge in [0.1, 0.15) is 5.75 Å². The molecule has 170 valence electrons. The number of thiazole rings is 1. The first-order chi connectivity index (χ1) is 15.5. The number of aromatic nitrogens is 1. The number of carboxylic acids is 1. The van der Waals surface area contributed by atoms with Crippen LogP contribution in [0.4, 0.5) is 0 Å². The van der Waals surface area contributed by atoms with Crippen molar-refractivity contribution >= 4 is 27.5 Å². The van der Waals surface area contributed by atoms with E-state index in [2.05, 4.69) is 33.8 Å². The zero-order valence-electron chi connectivity index (χ0n) is 19.1. The molecule has 1 heterocycles. The van der Waals surface area contributed by atoms with Crippen molar-refractivity contribution in [3.63, 3.8) is 0 Å². The van der Waals surface area contributed by atoms with Crippen LogP contribution in [0.15, 0.2) is 41.4 Å². The molecule has 1 N–H and O–H groups in total. The molecule has 5 nitrogen and oxygen atoms in total. The normalized spacial score (nSPS) is 16.0. The second-order valence-corrected chi connectivity index (χ2v) is 9.80. The van der Waals surface area contributed by atoms with E-state index >= 15 is 0 Å². The molecule has 6 heteroatoms. The molecule has 1 atom stereocenters. The van der Waals surface area contributed by atoms with E-state index in [1.165, 1.54) is 30.4 Å². The van der Waals surface area contributed by atoms with Crippen molar-refractivity contribution in [1.82, 2.24) is 4.57 Å². The van der Waals surface area contributed by atoms with Crippen LogP contribution in [0.25, 0.3) is 21.3 Å². The Morgan fingerprint density at radius 1 is 1.25 bits per heavy atom. The predicted octanol–water partition coefficient (Wildman–Crippen LogP) is 5.66. The first-order valence-electron chi connectivity index (χ1n) is 11.5. The molecule has 1 saturated carbocycles. The van der Waals surface area contributed by atoms with Crippen LogP contribution < -0.4 is 9.54 Å². The Bertz CT molecular complexity index is 1170. The molecule has 2 aromatic carbocycles. The maximum Gasteiger partial charge on any atom is 0.306 e. The number of ether oxygens (including phenoxy) is 1. The highest BCUT2D eigenvalue weighted by molar-refractivity contribution is 7.16. The maximum absolute atomic E-state index is 11.6. The lowest BCUT2D eigenvalue weighted by Gasteiger charge is -2.17. The lowest BCUT2D eigenvalue weighted by Crippen LogP contribution is -2.15. The van der Waals surface area contributed by atoms with E-state index in [0.29, 0.717) is 18.8 Å². The second kappa shape index (κ2) is 9.90. The SMILES string of the molecule is CCC(Cc1ccc(OCC2CCCC2)c(-c2ccc3c(c2)s/c(=N/C)n3C)c1)C(=O)O. The third-order valence-electron chi connectivity index (χ3n) is 6.63. The van der Waals surface area contributed by atoms with E-state index in [-0.39, 0.29) is 5.92 Å². The van der Waals surface area contributed by atoms with Gasteiger partial charge in [-0.15, -0.1) is 0 Å². The van der Waals surface area contributed by atoms with Gasteiger partial charge in [0, 0.05) is 19.7 Å². The second-order valence-electron chi connectivity index (χ2n) is 8.79. The van der Waals surface area contributed by atoms with Gasteiger partial charge in [0.2, 0.25) is 0 Å². The summed E-state index contributed by atoms with van der Waals surface area (Å²) in [4.78, 5) is 16.9. The van der Waals surface area contributed by atoms with Crippen LogP contribution in [0.2, 0.25) is 0 Å². The van der Waals surface area contributed by atoms with E-state index in [9.17, 15) is 9.90 Å². The van der Waals surface area contributed by atoms with Gasteiger partial charge < -0.3 is 14.4 Å². The van der Waals surface area contributed by atoms with Crippen LogP contribution in [0, 0.1) is 11.8 Å². The van der Waals surface area contributed by atoms with Crippen molar-refractivity contribution in [2.75, 3.05) is 13.7 Å². The summed E-state index contributed by atoms with van der Waals surface area (Å²) in [5, 5.41) is 9.52. The van der Waals surface area contributed by atoms with Crippen molar-refractivity contribution in [3.05, 3.63) is 46.8 Å². The summed E-state index contributed by atoms with van der Waals surface area (Å²) in [6.07, 6.45) is 6.22. The molecular formula is C26H32N2O3S. The molecule has 1 aliphatic carbocycles. The van der Waals surface area contributed by atoms with Crippen LogP contribution in [0.3, 0.4) is 0 Å². The van der Waals surface area contributed by atoms with Crippen molar-refractivity contribution in [1.29, 1.82) is 0 Å². The number of benzene rings is 2. The molecule has 3 aromatic rings. The van der Waals surface area contributed by atoms with Crippen LogP contribution >= 0.6 is 11.3 Å². The first kappa shape index (κ1) is 22.6. The molecule has 0 aliphatic heterocycles. The molecular weight excluding hydrogens is 420 g/mol. The molecule has 1 unspecified atom stereocenters. The number of aliphatic carboxylic acids is 1. The van der Waals surface area contributed by atoms with Crippen molar-refractivity contribution in [2.24, 2.45) is 23.9 Å². The highest BCUT2D eigenvalue weighted by atomic mass is 32.1. The molecule has 32 heavy (non-hydrogen) atoms. The van der Waals surface area contributed by atoms with E-state index < -0.39 is 5.97 Å². The van der Waals surface area contributed by atoms with E-state index in [1.807, 2.05) is 33.2 Å². The molecule has 4 rings (SSSR count). The van der Waals surface area contributed by atoms with Crippen molar-refractivity contribution < 1.29 is 14.6 Å². The first-order valence-corrected chi connectivity index (χ1v) is 12.3. The van der Waals surface area contributed by atoms with Gasteiger partial charge in [0.05, 0.1) is 22.7 Å². The van der Waals surface area contributed by atoms with Gasteiger partial charge in [-0.2, -0.15) is 0 Å². The predicted molar refractivity (Wildman–Crippen MR) is 130 cm³/mol. The summed E-state index contributed by atoms with van der Waals surface area (Å²) < 4.78 is 9.62. The monoisotopic (exact) mass is 452 g/mol. The fourth-order valence-corrected chi connectivity index (χ4v) is 5.66. The quantitative estimate of drug-likeness (QED) is 0.480. The molecule has 0 amide bonds. The zero-order valence-corrected chi connectivity index (χ0v) is 20.0. The van der Waals surface area contributed by atoms with Crippen LogP contribution in [-0.4, -0.2) is 29.3 Å². The van der Waals surface area contributed by atoms with Crippen LogP contribution in [0.5, 0.6) is 5.75 Å². The molecule has 1 aromatic heterocycles. The summed E-state index contributed by atoms with van der Waals surface area (Å²) in [5.41, 5.74) is 4.31. The van der Waals surface area contributed by atoms with Crippen molar-refractivity contribution in [3.8, 4) is 16.9 Å². The minimum absolute atomic E-state index is 0.374. The third-order valence-corrected chi connectivity index (χ3v) is 7.81. The topological polar surface area (TPSA) is 63.8 Å². The molecule has 0 saturated heterocycles. The van der Waals surface area contributed by atoms with E-state index in [0.717, 1.165) is 39.4 Å². The molecule has 0 radical (unpaired) electrons. The summed E-state index contributed by atoms with van der Waals surface area (Å²) in [6, 6.07) is 12.6. The Labute approximate surface area is 193 Å². The number of rotatable bonds is 8. The number of carboxylic acid groups (broad SMARTS) is 1. The lowest BCUT2D eigenvalue weighted by atomic mass is 9.94. The van der Waals surface area contributed by atoms with Gasteiger partial charge in [0.15, 0.2) is 4.80 Å². The standard InChI is InChI=1S/C26H32N2O3S/c1-4-19(25(29)30)13-18-9-12-23(31-16-17-7-5-6-8-17)21(14-18)20-10-11-22-24(15-20)32-26(27-2)28(22)3/h9-12,14-15,17,19H,4-8,13,16H2,1-3H3,(H,29,30)/b27-26+. The number of carbonyl (C=O) groups is 1. The van der Waals surface area contributed by atoms with Gasteiger partial charge in [-0.05, 0) is 67.0 Å². The smallest absolute Gasteiger partial charge is 0.306 e. The fourth-order valence-electron chi connectivity index (χ4n) is 4.64. The Morgan fingerprint density at radius 2 is 2.03 bits per heavy atom. The minimum Gasteiger partial charge on any atom is -0.493 e. The van der Waals surface area contributed by atoms with Crippen LogP contribution in [-0.2, 0) is 18.3 Å². The number of hydrogen-bond acceptors (Lipinski definition) is 4. The number of aryl methyl sites for hydroxylation is 1. The third kappa shape index (κ3) is 4.75. The number of hydrogen-bond donors (Lipinski definition) is 1. The molecule has 0 bridgehead atoms. The average Bonchev–Trinajstić information content (AvgIpc) is 3.43. The Hall–Kier alpha value is -2.60. The average molecular weight is 453 g/mol. The Morgan fingerprint density at radius 3 is 2.72 bits per heavy atom. The summed E-state index contributed by atoms with van der Waals surface area (Å²) in [5.74, 6) is 0.399. The summed E-state index contributed by atoms with van der Waals surface area (Å²) in [7, 11) is 3.85. The molecule has 0 spiro atoms. The largest absolute Gasteiger partial charge is 0.493 e. The maximum atomic E-state index is 11.6. The van der Waals surface area contributed by atoms with Gasteiger partial charge in [0.25, 0.3) is 0 Å². The van der Waals surface area contributed by atoms with Crippen LogP contribution in [0.1, 0.15) is 44.6 Å². The van der Waals surface area contributed by atoms with Gasteiger partial charge in [-0.25, -0.2) is 0 Å². The van der Waals surface area contributed by atoms with Gasteiger partial charge in [-0.1, -0.05) is 43.2 Å². The van der Waals surface area contributed by atoms with Gasteiger partial charge in [-0.3, -0.25) is 9.79 Å². The highest BCUT2D eigenvalue weighted by Crippen LogP contribution is 2.35. The number of nitrogens with zero attached hydrogens (tertiary/aromatic N) is 2. The minimum atomic E-state index is -0.737. The van der Waals surface area contributed by atoms with E-state index in [4.69, 9.17) is 4.74 Å².